The zero-order chi connectivity index (χ0) is 19.4. The van der Waals surface area contributed by atoms with Gasteiger partial charge >= 0.3 is 0 Å². The van der Waals surface area contributed by atoms with Crippen molar-refractivity contribution in [1.29, 1.82) is 0 Å². The van der Waals surface area contributed by atoms with Crippen LogP contribution in [0.3, 0.4) is 0 Å². The Labute approximate surface area is 160 Å². The Morgan fingerprint density at radius 1 is 1.04 bits per heavy atom. The highest BCUT2D eigenvalue weighted by molar-refractivity contribution is 6.22. The molecular weight excluding hydrogens is 342 g/mol. The van der Waals surface area contributed by atoms with Crippen molar-refractivity contribution in [3.8, 4) is 0 Å². The smallest absolute Gasteiger partial charge is 0.262 e. The molecule has 0 spiro atoms. The molecule has 1 N–H and O–H groups in total. The van der Waals surface area contributed by atoms with E-state index in [1.165, 1.54) is 19.3 Å². The summed E-state index contributed by atoms with van der Waals surface area (Å²) in [6, 6.07) is 7.01. The maximum absolute atomic E-state index is 12.4. The Bertz CT molecular complexity index is 675. The van der Waals surface area contributed by atoms with Crippen molar-refractivity contribution in [3.63, 3.8) is 0 Å². The monoisotopic (exact) mass is 371 g/mol. The number of fused-ring (bicyclic) bond motifs is 1. The molecule has 3 amide bonds. The fourth-order valence-corrected chi connectivity index (χ4v) is 4.00. The van der Waals surface area contributed by atoms with Crippen LogP contribution in [0.5, 0.6) is 0 Å². The first-order chi connectivity index (χ1) is 13.0. The summed E-state index contributed by atoms with van der Waals surface area (Å²) >= 11 is 0. The van der Waals surface area contributed by atoms with Crippen LogP contribution in [-0.4, -0.2) is 59.7 Å². The van der Waals surface area contributed by atoms with E-state index in [0.29, 0.717) is 29.6 Å². The van der Waals surface area contributed by atoms with Crippen molar-refractivity contribution in [2.24, 2.45) is 5.92 Å². The number of hydrogen-bond donors (Lipinski definition) is 1. The Kier molecular flexibility index (Phi) is 6.26. The Hall–Kier alpha value is -2.21. The first-order valence-corrected chi connectivity index (χ1v) is 9.93. The lowest BCUT2D eigenvalue weighted by Crippen LogP contribution is -2.48. The summed E-state index contributed by atoms with van der Waals surface area (Å²) in [4.78, 5) is 40.7. The molecule has 0 aliphatic carbocycles. The quantitative estimate of drug-likeness (QED) is 0.747. The summed E-state index contributed by atoms with van der Waals surface area (Å²) in [5.74, 6) is -0.513. The third kappa shape index (κ3) is 4.56. The van der Waals surface area contributed by atoms with Gasteiger partial charge in [-0.2, -0.15) is 0 Å². The van der Waals surface area contributed by atoms with Crippen molar-refractivity contribution < 1.29 is 14.4 Å². The van der Waals surface area contributed by atoms with E-state index in [1.54, 1.807) is 24.3 Å². The first-order valence-electron chi connectivity index (χ1n) is 9.93. The molecule has 2 aliphatic heterocycles. The highest BCUT2D eigenvalue weighted by Gasteiger charge is 2.36. The van der Waals surface area contributed by atoms with Crippen molar-refractivity contribution in [2.75, 3.05) is 26.2 Å². The highest BCUT2D eigenvalue weighted by atomic mass is 16.2. The van der Waals surface area contributed by atoms with Crippen molar-refractivity contribution in [3.05, 3.63) is 35.4 Å². The molecule has 146 valence electrons. The van der Waals surface area contributed by atoms with Crippen LogP contribution >= 0.6 is 0 Å². The Morgan fingerprint density at radius 2 is 1.63 bits per heavy atom. The molecule has 1 fully saturated rings. The Morgan fingerprint density at radius 3 is 2.19 bits per heavy atom. The van der Waals surface area contributed by atoms with Gasteiger partial charge in [-0.3, -0.25) is 24.2 Å². The summed E-state index contributed by atoms with van der Waals surface area (Å²) in [5.41, 5.74) is 0.752. The van der Waals surface area contributed by atoms with Gasteiger partial charge in [0.05, 0.1) is 11.1 Å². The second-order valence-electron chi connectivity index (χ2n) is 7.93. The van der Waals surface area contributed by atoms with Gasteiger partial charge in [-0.15, -0.1) is 0 Å². The van der Waals surface area contributed by atoms with Gasteiger partial charge in [0, 0.05) is 12.6 Å². The summed E-state index contributed by atoms with van der Waals surface area (Å²) in [7, 11) is 0. The lowest BCUT2D eigenvalue weighted by atomic mass is 9.99. The highest BCUT2D eigenvalue weighted by Crippen LogP contribution is 2.22. The predicted octanol–water partition coefficient (Wildman–Crippen LogP) is 2.30. The fourth-order valence-electron chi connectivity index (χ4n) is 4.00. The van der Waals surface area contributed by atoms with Crippen molar-refractivity contribution >= 4 is 17.7 Å². The number of carbonyl (C=O) groups excluding carboxylic acids is 3. The number of benzene rings is 1. The molecule has 3 rings (SSSR count). The number of nitrogens with zero attached hydrogens (tertiary/aromatic N) is 2. The minimum atomic E-state index is -0.388. The van der Waals surface area contributed by atoms with Crippen molar-refractivity contribution in [1.82, 2.24) is 15.1 Å². The maximum Gasteiger partial charge on any atom is 0.262 e. The van der Waals surface area contributed by atoms with E-state index < -0.39 is 0 Å². The van der Waals surface area contributed by atoms with Crippen LogP contribution < -0.4 is 5.32 Å². The normalized spacial score (nSPS) is 18.7. The molecule has 0 aromatic heterocycles. The molecule has 0 saturated carbocycles. The SMILES string of the molecule is CC(C)CC(CNC(=O)CN1C(=O)c2ccccc2C1=O)N1CCCCC1. The van der Waals surface area contributed by atoms with Gasteiger partial charge in [0.2, 0.25) is 5.91 Å². The van der Waals surface area contributed by atoms with E-state index in [2.05, 4.69) is 24.1 Å². The van der Waals surface area contributed by atoms with Crippen LogP contribution in [0.25, 0.3) is 0 Å². The molecule has 6 nitrogen and oxygen atoms in total. The number of rotatable bonds is 7. The van der Waals surface area contributed by atoms with E-state index in [0.717, 1.165) is 24.4 Å². The molecule has 1 aromatic carbocycles. The topological polar surface area (TPSA) is 69.7 Å². The molecular formula is C21H29N3O3. The zero-order valence-corrected chi connectivity index (χ0v) is 16.2. The summed E-state index contributed by atoms with van der Waals surface area (Å²) in [6.07, 6.45) is 4.71. The van der Waals surface area contributed by atoms with Gasteiger partial charge < -0.3 is 5.32 Å². The maximum atomic E-state index is 12.4. The third-order valence-electron chi connectivity index (χ3n) is 5.37. The molecule has 1 saturated heterocycles. The molecule has 1 atom stereocenters. The largest absolute Gasteiger partial charge is 0.353 e. The lowest BCUT2D eigenvalue weighted by Gasteiger charge is -2.35. The molecule has 1 unspecified atom stereocenters. The third-order valence-corrected chi connectivity index (χ3v) is 5.37. The molecule has 0 radical (unpaired) electrons. The van der Waals surface area contributed by atoms with Gasteiger partial charge in [-0.05, 0) is 50.4 Å². The molecule has 0 bridgehead atoms. The van der Waals surface area contributed by atoms with Crippen LogP contribution in [0.2, 0.25) is 0 Å². The average Bonchev–Trinajstić information content (AvgIpc) is 2.91. The zero-order valence-electron chi connectivity index (χ0n) is 16.2. The molecule has 27 heavy (non-hydrogen) atoms. The van der Waals surface area contributed by atoms with Gasteiger partial charge in [-0.1, -0.05) is 32.4 Å². The van der Waals surface area contributed by atoms with Crippen LogP contribution in [-0.2, 0) is 4.79 Å². The number of carbonyl (C=O) groups is 3. The van der Waals surface area contributed by atoms with Crippen LogP contribution in [0, 0.1) is 5.92 Å². The molecule has 1 aromatic rings. The van der Waals surface area contributed by atoms with E-state index >= 15 is 0 Å². The molecule has 2 aliphatic rings. The minimum absolute atomic E-state index is 0.221. The van der Waals surface area contributed by atoms with E-state index in [9.17, 15) is 14.4 Å². The van der Waals surface area contributed by atoms with Gasteiger partial charge in [0.15, 0.2) is 0 Å². The number of piperidine rings is 1. The summed E-state index contributed by atoms with van der Waals surface area (Å²) in [5, 5.41) is 2.95. The standard InChI is InChI=1S/C21H29N3O3/c1-15(2)12-16(23-10-6-3-7-11-23)13-22-19(25)14-24-20(26)17-8-4-5-9-18(17)21(24)27/h4-5,8-9,15-16H,3,6-7,10-14H2,1-2H3,(H,22,25). The van der Waals surface area contributed by atoms with Gasteiger partial charge in [0.1, 0.15) is 6.54 Å². The van der Waals surface area contributed by atoms with Gasteiger partial charge in [-0.25, -0.2) is 0 Å². The fraction of sp³-hybridized carbons (Fsp3) is 0.571. The number of imide groups is 1. The van der Waals surface area contributed by atoms with Crippen LogP contribution in [0.4, 0.5) is 0 Å². The first kappa shape index (κ1) is 19.5. The van der Waals surface area contributed by atoms with E-state index in [-0.39, 0.29) is 24.3 Å². The summed E-state index contributed by atoms with van der Waals surface area (Å²) < 4.78 is 0. The number of nitrogens with one attached hydrogen (secondary N) is 1. The van der Waals surface area contributed by atoms with Crippen LogP contribution in [0.15, 0.2) is 24.3 Å². The summed E-state index contributed by atoms with van der Waals surface area (Å²) in [6.45, 7) is 6.87. The number of hydrogen-bond acceptors (Lipinski definition) is 4. The Balaban J connectivity index is 1.57. The average molecular weight is 371 g/mol. The second-order valence-corrected chi connectivity index (χ2v) is 7.93. The van der Waals surface area contributed by atoms with Gasteiger partial charge in [0.25, 0.3) is 11.8 Å². The number of likely N-dealkylation sites (tertiary alicyclic amines) is 1. The molecule has 6 heteroatoms. The lowest BCUT2D eigenvalue weighted by molar-refractivity contribution is -0.121. The van der Waals surface area contributed by atoms with Crippen LogP contribution in [0.1, 0.15) is 60.2 Å². The second kappa shape index (κ2) is 8.65. The van der Waals surface area contributed by atoms with E-state index in [4.69, 9.17) is 0 Å². The molecule has 2 heterocycles. The van der Waals surface area contributed by atoms with E-state index in [1.807, 2.05) is 0 Å². The predicted molar refractivity (Wildman–Crippen MR) is 103 cm³/mol. The minimum Gasteiger partial charge on any atom is -0.353 e. The number of amides is 3. The van der Waals surface area contributed by atoms with Crippen molar-refractivity contribution in [2.45, 2.75) is 45.6 Å².